The number of halogens is 2. The van der Waals surface area contributed by atoms with Gasteiger partial charge in [-0.1, -0.05) is 23.2 Å². The lowest BCUT2D eigenvalue weighted by Gasteiger charge is -2.03. The van der Waals surface area contributed by atoms with E-state index in [1.165, 1.54) is 23.1 Å². The minimum absolute atomic E-state index is 0.115. The van der Waals surface area contributed by atoms with E-state index in [0.717, 1.165) is 9.77 Å². The van der Waals surface area contributed by atoms with Crippen molar-refractivity contribution in [2.24, 2.45) is 0 Å². The predicted octanol–water partition coefficient (Wildman–Crippen LogP) is 4.44. The van der Waals surface area contributed by atoms with Crippen molar-refractivity contribution in [1.82, 2.24) is 4.98 Å². The number of carboxylic acids is 1. The normalized spacial score (nSPS) is 10.6. The second-order valence-corrected chi connectivity index (χ2v) is 6.47. The summed E-state index contributed by atoms with van der Waals surface area (Å²) < 4.78 is 0.507. The zero-order chi connectivity index (χ0) is 13.1. The molecule has 0 aliphatic carbocycles. The Balaban J connectivity index is 2.10. The summed E-state index contributed by atoms with van der Waals surface area (Å²) in [5.74, 6) is -0.325. The molecule has 18 heavy (non-hydrogen) atoms. The Hall–Kier alpha value is -0.750. The molecule has 1 aromatic carbocycles. The van der Waals surface area contributed by atoms with E-state index < -0.39 is 5.97 Å². The van der Waals surface area contributed by atoms with Crippen LogP contribution in [-0.2, 0) is 5.75 Å². The summed E-state index contributed by atoms with van der Waals surface area (Å²) in [5, 5.41) is 9.20. The average molecular weight is 320 g/mol. The Morgan fingerprint density at radius 3 is 2.83 bits per heavy atom. The molecule has 0 saturated carbocycles. The van der Waals surface area contributed by atoms with Gasteiger partial charge in [0.2, 0.25) is 0 Å². The van der Waals surface area contributed by atoms with Crippen LogP contribution in [0.2, 0.25) is 9.49 Å². The number of hydrogen-bond acceptors (Lipinski definition) is 4. The monoisotopic (exact) mass is 319 g/mol. The smallest absolute Gasteiger partial charge is 0.337 e. The number of carbonyl (C=O) groups is 1. The fraction of sp³-hybridized carbons (Fsp3) is 0.0909. The number of thiazole rings is 1. The van der Waals surface area contributed by atoms with E-state index in [0.29, 0.717) is 10.2 Å². The number of thioether (sulfide) groups is 1. The Morgan fingerprint density at radius 2 is 2.22 bits per heavy atom. The van der Waals surface area contributed by atoms with Gasteiger partial charge in [0.15, 0.2) is 4.47 Å². The quantitative estimate of drug-likeness (QED) is 0.846. The molecule has 2 rings (SSSR count). The van der Waals surface area contributed by atoms with Gasteiger partial charge in [-0.2, -0.15) is 0 Å². The molecule has 1 N–H and O–H groups in total. The SMILES string of the molecule is O=C(O)c1cc(SCc2cnc(Cl)s2)ccc1Cl. The van der Waals surface area contributed by atoms with Gasteiger partial charge in [0.1, 0.15) is 0 Å². The number of hydrogen-bond donors (Lipinski definition) is 1. The maximum absolute atomic E-state index is 10.9. The summed E-state index contributed by atoms with van der Waals surface area (Å²) >= 11 is 14.5. The first kappa shape index (κ1) is 13.7. The minimum Gasteiger partial charge on any atom is -0.478 e. The van der Waals surface area contributed by atoms with Crippen LogP contribution in [-0.4, -0.2) is 16.1 Å². The minimum atomic E-state index is -1.02. The third-order valence-corrected chi connectivity index (χ3v) is 4.74. The fourth-order valence-electron chi connectivity index (χ4n) is 1.26. The zero-order valence-corrected chi connectivity index (χ0v) is 12.0. The van der Waals surface area contributed by atoms with Crippen molar-refractivity contribution in [2.45, 2.75) is 10.6 Å². The van der Waals surface area contributed by atoms with Crippen LogP contribution in [0.4, 0.5) is 0 Å². The number of nitrogens with zero attached hydrogens (tertiary/aromatic N) is 1. The lowest BCUT2D eigenvalue weighted by molar-refractivity contribution is 0.0697. The molecular weight excluding hydrogens is 313 g/mol. The van der Waals surface area contributed by atoms with Crippen LogP contribution in [0.25, 0.3) is 0 Å². The second kappa shape index (κ2) is 5.93. The molecule has 0 fully saturated rings. The van der Waals surface area contributed by atoms with Crippen LogP contribution in [0.3, 0.4) is 0 Å². The molecule has 0 unspecified atom stereocenters. The van der Waals surface area contributed by atoms with Gasteiger partial charge in [-0.25, -0.2) is 9.78 Å². The Kier molecular flexibility index (Phi) is 4.50. The summed E-state index contributed by atoms with van der Waals surface area (Å²) in [6, 6.07) is 4.95. The van der Waals surface area contributed by atoms with Gasteiger partial charge >= 0.3 is 5.97 Å². The van der Waals surface area contributed by atoms with Gasteiger partial charge < -0.3 is 5.11 Å². The van der Waals surface area contributed by atoms with Crippen LogP contribution < -0.4 is 0 Å². The molecule has 0 amide bonds. The summed E-state index contributed by atoms with van der Waals surface area (Å²) in [7, 11) is 0. The van der Waals surface area contributed by atoms with Crippen LogP contribution in [0, 0.1) is 0 Å². The van der Waals surface area contributed by atoms with Gasteiger partial charge in [0, 0.05) is 21.7 Å². The van der Waals surface area contributed by atoms with E-state index in [-0.39, 0.29) is 10.6 Å². The van der Waals surface area contributed by atoms with Crippen LogP contribution in [0.1, 0.15) is 15.2 Å². The van der Waals surface area contributed by atoms with E-state index in [4.69, 9.17) is 28.3 Å². The molecule has 0 radical (unpaired) electrons. The van der Waals surface area contributed by atoms with Crippen molar-refractivity contribution < 1.29 is 9.90 Å². The van der Waals surface area contributed by atoms with E-state index >= 15 is 0 Å². The zero-order valence-electron chi connectivity index (χ0n) is 8.89. The number of carboxylic acid groups (broad SMARTS) is 1. The summed E-state index contributed by atoms with van der Waals surface area (Å²) in [6.45, 7) is 0. The van der Waals surface area contributed by atoms with Crippen molar-refractivity contribution >= 4 is 52.3 Å². The van der Waals surface area contributed by atoms with E-state index in [2.05, 4.69) is 4.98 Å². The molecule has 1 heterocycles. The first-order valence-electron chi connectivity index (χ1n) is 4.82. The highest BCUT2D eigenvalue weighted by Crippen LogP contribution is 2.29. The van der Waals surface area contributed by atoms with E-state index in [1.54, 1.807) is 24.4 Å². The van der Waals surface area contributed by atoms with Gasteiger partial charge in [-0.3, -0.25) is 0 Å². The molecule has 0 aliphatic rings. The van der Waals surface area contributed by atoms with Crippen molar-refractivity contribution in [3.8, 4) is 0 Å². The van der Waals surface area contributed by atoms with Crippen LogP contribution >= 0.6 is 46.3 Å². The molecule has 2 aromatic rings. The van der Waals surface area contributed by atoms with Crippen molar-refractivity contribution in [3.05, 3.63) is 44.3 Å². The van der Waals surface area contributed by atoms with Gasteiger partial charge in [0.05, 0.1) is 10.6 Å². The molecule has 0 saturated heterocycles. The van der Waals surface area contributed by atoms with Crippen LogP contribution in [0.15, 0.2) is 29.3 Å². The first-order chi connectivity index (χ1) is 8.56. The van der Waals surface area contributed by atoms with Crippen molar-refractivity contribution in [1.29, 1.82) is 0 Å². The fourth-order valence-corrected chi connectivity index (χ4v) is 3.40. The molecule has 0 aliphatic heterocycles. The average Bonchev–Trinajstić information content (AvgIpc) is 2.74. The van der Waals surface area contributed by atoms with Gasteiger partial charge in [0.25, 0.3) is 0 Å². The Bertz CT molecular complexity index is 586. The largest absolute Gasteiger partial charge is 0.478 e. The number of rotatable bonds is 4. The highest BCUT2D eigenvalue weighted by molar-refractivity contribution is 7.98. The molecule has 94 valence electrons. The predicted molar refractivity (Wildman–Crippen MR) is 75.1 cm³/mol. The lowest BCUT2D eigenvalue weighted by Crippen LogP contribution is -1.97. The molecule has 7 heteroatoms. The van der Waals surface area contributed by atoms with Gasteiger partial charge in [-0.15, -0.1) is 23.1 Å². The highest BCUT2D eigenvalue weighted by Gasteiger charge is 2.10. The lowest BCUT2D eigenvalue weighted by atomic mass is 10.2. The standard InChI is InChI=1S/C11H7Cl2NO2S2/c12-9-2-1-6(3-8(9)10(15)16)17-5-7-4-14-11(13)18-7/h1-4H,5H2,(H,15,16). The molecule has 1 aromatic heterocycles. The second-order valence-electron chi connectivity index (χ2n) is 3.32. The Morgan fingerprint density at radius 1 is 1.44 bits per heavy atom. The number of aromatic carboxylic acids is 1. The molecular formula is C11H7Cl2NO2S2. The number of benzene rings is 1. The molecule has 0 spiro atoms. The first-order valence-corrected chi connectivity index (χ1v) is 7.38. The molecule has 0 atom stereocenters. The van der Waals surface area contributed by atoms with E-state index in [9.17, 15) is 4.79 Å². The van der Waals surface area contributed by atoms with Crippen LogP contribution in [0.5, 0.6) is 0 Å². The molecule has 0 bridgehead atoms. The maximum atomic E-state index is 10.9. The summed E-state index contributed by atoms with van der Waals surface area (Å²) in [6.07, 6.45) is 1.72. The number of aromatic nitrogens is 1. The Labute approximate surface area is 122 Å². The summed E-state index contributed by atoms with van der Waals surface area (Å²) in [4.78, 5) is 16.8. The topological polar surface area (TPSA) is 50.2 Å². The third-order valence-electron chi connectivity index (χ3n) is 2.07. The van der Waals surface area contributed by atoms with Crippen molar-refractivity contribution in [3.63, 3.8) is 0 Å². The molecule has 3 nitrogen and oxygen atoms in total. The maximum Gasteiger partial charge on any atom is 0.337 e. The van der Waals surface area contributed by atoms with Crippen molar-refractivity contribution in [2.75, 3.05) is 0 Å². The van der Waals surface area contributed by atoms with Gasteiger partial charge in [-0.05, 0) is 18.2 Å². The van der Waals surface area contributed by atoms with E-state index in [1.807, 2.05) is 0 Å². The highest BCUT2D eigenvalue weighted by atomic mass is 35.5. The summed E-state index contributed by atoms with van der Waals surface area (Å²) in [5.41, 5.74) is 0.115. The third kappa shape index (κ3) is 3.38.